The maximum absolute atomic E-state index is 4.62. The maximum Gasteiger partial charge on any atom is 0.153 e. The molecule has 0 aromatic carbocycles. The SMILES string of the molecule is C=C/C(=C\NC)c1cnc2[nH]cc(-c3ccc4nccn4n3)c2c1. The molecule has 4 rings (SSSR count). The van der Waals surface area contributed by atoms with E-state index in [1.807, 2.05) is 50.0 Å². The van der Waals surface area contributed by atoms with E-state index in [0.717, 1.165) is 39.1 Å². The number of fused-ring (bicyclic) bond motifs is 2. The Morgan fingerprint density at radius 1 is 1.33 bits per heavy atom. The highest BCUT2D eigenvalue weighted by Gasteiger charge is 2.11. The Bertz CT molecular complexity index is 1070. The summed E-state index contributed by atoms with van der Waals surface area (Å²) in [4.78, 5) is 11.9. The number of nitrogens with zero attached hydrogens (tertiary/aromatic N) is 4. The molecular weight excluding hydrogens is 300 g/mol. The number of imidazole rings is 1. The summed E-state index contributed by atoms with van der Waals surface area (Å²) in [6.45, 7) is 3.87. The zero-order chi connectivity index (χ0) is 16.5. The highest BCUT2D eigenvalue weighted by Crippen LogP contribution is 2.28. The van der Waals surface area contributed by atoms with Gasteiger partial charge in [-0.15, -0.1) is 0 Å². The number of aromatic amines is 1. The quantitative estimate of drug-likeness (QED) is 0.568. The summed E-state index contributed by atoms with van der Waals surface area (Å²) < 4.78 is 1.77. The predicted octanol–water partition coefficient (Wildman–Crippen LogP) is 3.02. The molecule has 118 valence electrons. The molecule has 0 aliphatic carbocycles. The van der Waals surface area contributed by atoms with Gasteiger partial charge < -0.3 is 10.3 Å². The van der Waals surface area contributed by atoms with Gasteiger partial charge in [0.05, 0.1) is 5.69 Å². The molecule has 0 amide bonds. The summed E-state index contributed by atoms with van der Waals surface area (Å²) in [5.41, 5.74) is 5.50. The average molecular weight is 316 g/mol. The topological polar surface area (TPSA) is 70.9 Å². The molecule has 0 bridgehead atoms. The summed E-state index contributed by atoms with van der Waals surface area (Å²) in [7, 11) is 1.86. The van der Waals surface area contributed by atoms with Crippen LogP contribution >= 0.6 is 0 Å². The molecule has 6 nitrogen and oxygen atoms in total. The molecule has 0 radical (unpaired) electrons. The van der Waals surface area contributed by atoms with E-state index in [1.165, 1.54) is 0 Å². The van der Waals surface area contributed by atoms with Crippen molar-refractivity contribution in [1.82, 2.24) is 29.9 Å². The summed E-state index contributed by atoms with van der Waals surface area (Å²) in [5.74, 6) is 0. The third kappa shape index (κ3) is 2.25. The second kappa shape index (κ2) is 5.66. The van der Waals surface area contributed by atoms with Gasteiger partial charge in [0.2, 0.25) is 0 Å². The fraction of sp³-hybridized carbons (Fsp3) is 0.0556. The van der Waals surface area contributed by atoms with E-state index in [4.69, 9.17) is 0 Å². The molecule has 4 aromatic heterocycles. The van der Waals surface area contributed by atoms with Crippen LogP contribution in [0.4, 0.5) is 0 Å². The number of allylic oxidation sites excluding steroid dienone is 2. The third-order valence-electron chi connectivity index (χ3n) is 3.92. The molecule has 0 fully saturated rings. The minimum absolute atomic E-state index is 0.823. The Morgan fingerprint density at radius 3 is 3.08 bits per heavy atom. The molecule has 0 atom stereocenters. The summed E-state index contributed by atoms with van der Waals surface area (Å²) in [6, 6.07) is 6.02. The number of hydrogen-bond donors (Lipinski definition) is 2. The van der Waals surface area contributed by atoms with Crippen LogP contribution in [0.1, 0.15) is 5.56 Å². The number of pyridine rings is 1. The van der Waals surface area contributed by atoms with Crippen molar-refractivity contribution in [2.24, 2.45) is 0 Å². The van der Waals surface area contributed by atoms with Crippen molar-refractivity contribution in [3.05, 3.63) is 67.4 Å². The van der Waals surface area contributed by atoms with Crippen LogP contribution in [0.25, 0.3) is 33.5 Å². The van der Waals surface area contributed by atoms with E-state index < -0.39 is 0 Å². The van der Waals surface area contributed by atoms with Gasteiger partial charge in [-0.3, -0.25) is 0 Å². The van der Waals surface area contributed by atoms with Crippen molar-refractivity contribution in [1.29, 1.82) is 0 Å². The molecule has 4 aromatic rings. The van der Waals surface area contributed by atoms with Crippen molar-refractivity contribution in [3.8, 4) is 11.3 Å². The van der Waals surface area contributed by atoms with Crippen LogP contribution in [0.2, 0.25) is 0 Å². The largest absolute Gasteiger partial charge is 0.393 e. The predicted molar refractivity (Wildman–Crippen MR) is 95.3 cm³/mol. The van der Waals surface area contributed by atoms with Gasteiger partial charge in [0, 0.05) is 54.5 Å². The molecular formula is C18H16N6. The first-order chi connectivity index (χ1) is 11.8. The van der Waals surface area contributed by atoms with Crippen LogP contribution in [0.5, 0.6) is 0 Å². The third-order valence-corrected chi connectivity index (χ3v) is 3.92. The summed E-state index contributed by atoms with van der Waals surface area (Å²) in [6.07, 6.45) is 11.0. The summed E-state index contributed by atoms with van der Waals surface area (Å²) in [5, 5.41) is 8.67. The van der Waals surface area contributed by atoms with Crippen molar-refractivity contribution in [3.63, 3.8) is 0 Å². The van der Waals surface area contributed by atoms with Crippen molar-refractivity contribution in [2.45, 2.75) is 0 Å². The Labute approximate surface area is 138 Å². The smallest absolute Gasteiger partial charge is 0.153 e. The van der Waals surface area contributed by atoms with Gasteiger partial charge in [0.25, 0.3) is 0 Å². The van der Waals surface area contributed by atoms with Gasteiger partial charge in [-0.2, -0.15) is 5.10 Å². The lowest BCUT2D eigenvalue weighted by molar-refractivity contribution is 0.943. The molecule has 0 spiro atoms. The van der Waals surface area contributed by atoms with Gasteiger partial charge in [-0.05, 0) is 23.8 Å². The minimum atomic E-state index is 0.823. The molecule has 4 heterocycles. The molecule has 6 heteroatoms. The van der Waals surface area contributed by atoms with Gasteiger partial charge in [0.1, 0.15) is 5.65 Å². The lowest BCUT2D eigenvalue weighted by atomic mass is 10.1. The van der Waals surface area contributed by atoms with Gasteiger partial charge in [-0.25, -0.2) is 14.5 Å². The van der Waals surface area contributed by atoms with Gasteiger partial charge in [-0.1, -0.05) is 12.7 Å². The van der Waals surface area contributed by atoms with Gasteiger partial charge in [0.15, 0.2) is 5.65 Å². The molecule has 0 saturated carbocycles. The van der Waals surface area contributed by atoms with E-state index in [-0.39, 0.29) is 0 Å². The minimum Gasteiger partial charge on any atom is -0.393 e. The first-order valence-electron chi connectivity index (χ1n) is 7.58. The fourth-order valence-corrected chi connectivity index (χ4v) is 2.75. The molecule has 2 N–H and O–H groups in total. The number of rotatable bonds is 4. The molecule has 0 unspecified atom stereocenters. The Balaban J connectivity index is 1.89. The lowest BCUT2D eigenvalue weighted by Gasteiger charge is -2.04. The van der Waals surface area contributed by atoms with E-state index in [0.29, 0.717) is 0 Å². The number of hydrogen-bond acceptors (Lipinski definition) is 4. The second-order valence-corrected chi connectivity index (χ2v) is 5.36. The molecule has 0 saturated heterocycles. The number of aromatic nitrogens is 5. The fourth-order valence-electron chi connectivity index (χ4n) is 2.75. The standard InChI is InChI=1S/C18H16N6/c1-3-12(9-19-2)13-8-14-15(11-22-18(14)21-10-13)16-4-5-17-20-6-7-24(17)23-16/h3-11,19H,1H2,2H3,(H,21,22)/b12-9+. The first-order valence-corrected chi connectivity index (χ1v) is 7.58. The molecule has 24 heavy (non-hydrogen) atoms. The van der Waals surface area contributed by atoms with E-state index in [2.05, 4.69) is 38.0 Å². The highest BCUT2D eigenvalue weighted by molar-refractivity contribution is 5.94. The van der Waals surface area contributed by atoms with Crippen molar-refractivity contribution in [2.75, 3.05) is 7.05 Å². The van der Waals surface area contributed by atoms with Crippen molar-refractivity contribution >= 4 is 22.3 Å². The Hall–Kier alpha value is -3.41. The Morgan fingerprint density at radius 2 is 2.25 bits per heavy atom. The number of nitrogens with one attached hydrogen (secondary N) is 2. The van der Waals surface area contributed by atoms with E-state index in [9.17, 15) is 0 Å². The average Bonchev–Trinajstić information content (AvgIpc) is 3.24. The van der Waals surface area contributed by atoms with Crippen molar-refractivity contribution < 1.29 is 0 Å². The maximum atomic E-state index is 4.62. The zero-order valence-electron chi connectivity index (χ0n) is 13.2. The lowest BCUT2D eigenvalue weighted by Crippen LogP contribution is -1.95. The van der Waals surface area contributed by atoms with Crippen LogP contribution in [0, 0.1) is 0 Å². The monoisotopic (exact) mass is 316 g/mol. The van der Waals surface area contributed by atoms with Crippen LogP contribution in [0.15, 0.2) is 61.8 Å². The van der Waals surface area contributed by atoms with Crippen LogP contribution < -0.4 is 5.32 Å². The highest BCUT2D eigenvalue weighted by atomic mass is 15.2. The number of H-pyrrole nitrogens is 1. The molecule has 0 aliphatic rings. The van der Waals surface area contributed by atoms with E-state index >= 15 is 0 Å². The van der Waals surface area contributed by atoms with Gasteiger partial charge >= 0.3 is 0 Å². The van der Waals surface area contributed by atoms with E-state index in [1.54, 1.807) is 10.7 Å². The first kappa shape index (κ1) is 14.2. The normalized spacial score (nSPS) is 12.0. The van der Waals surface area contributed by atoms with Crippen LogP contribution in [-0.2, 0) is 0 Å². The molecule has 0 aliphatic heterocycles. The summed E-state index contributed by atoms with van der Waals surface area (Å²) >= 11 is 0. The Kier molecular flexibility index (Phi) is 3.35. The van der Waals surface area contributed by atoms with Crippen LogP contribution in [-0.4, -0.2) is 31.6 Å². The second-order valence-electron chi connectivity index (χ2n) is 5.36. The zero-order valence-corrected chi connectivity index (χ0v) is 13.2. The van der Waals surface area contributed by atoms with Crippen LogP contribution in [0.3, 0.4) is 0 Å².